The summed E-state index contributed by atoms with van der Waals surface area (Å²) in [6.45, 7) is 21.2. The molecule has 0 amide bonds. The second-order valence-electron chi connectivity index (χ2n) is 8.66. The highest BCUT2D eigenvalue weighted by atomic mass is 16.1. The zero-order valence-electron chi connectivity index (χ0n) is 22.4. The van der Waals surface area contributed by atoms with Gasteiger partial charge < -0.3 is 10.2 Å². The van der Waals surface area contributed by atoms with Crippen LogP contribution in [0.2, 0.25) is 0 Å². The third-order valence-electron chi connectivity index (χ3n) is 6.45. The molecular weight excluding hydrogens is 440 g/mol. The molecule has 0 aromatic heterocycles. The third kappa shape index (κ3) is 7.18. The molecule has 0 bridgehead atoms. The summed E-state index contributed by atoms with van der Waals surface area (Å²) in [5.74, 6) is 0. The summed E-state index contributed by atoms with van der Waals surface area (Å²) in [7, 11) is 0. The number of benzene rings is 2. The van der Waals surface area contributed by atoms with Gasteiger partial charge in [-0.05, 0) is 99.1 Å². The Labute approximate surface area is 220 Å². The Balaban J connectivity index is 0.000000726. The van der Waals surface area contributed by atoms with Gasteiger partial charge in [-0.2, -0.15) is 0 Å². The lowest BCUT2D eigenvalue weighted by Crippen LogP contribution is -2.82. The second-order valence-corrected chi connectivity index (χ2v) is 8.66. The molecule has 2 N–H and O–H groups in total. The van der Waals surface area contributed by atoms with Gasteiger partial charge in [0.2, 0.25) is 0 Å². The number of aldehydes is 1. The quantitative estimate of drug-likeness (QED) is 0.340. The number of quaternary nitrogens is 1. The van der Waals surface area contributed by atoms with Gasteiger partial charge in [0.15, 0.2) is 6.29 Å². The van der Waals surface area contributed by atoms with Crippen LogP contribution in [0.5, 0.6) is 0 Å². The van der Waals surface area contributed by atoms with E-state index in [0.717, 1.165) is 48.9 Å². The van der Waals surface area contributed by atoms with Crippen molar-refractivity contribution < 1.29 is 10.1 Å². The van der Waals surface area contributed by atoms with Gasteiger partial charge in [0.05, 0.1) is 13.1 Å². The first-order chi connectivity index (χ1) is 17.1. The number of allylic oxidation sites excluding steroid dienone is 5. The maximum Gasteiger partial charge on any atom is 0.150 e. The fraction of sp³-hybridized carbons (Fsp3) is 0.364. The lowest BCUT2D eigenvalue weighted by atomic mass is 9.76. The number of nitrogens with zero attached hydrogens (tertiary/aromatic N) is 1. The molecule has 194 valence electrons. The fourth-order valence-corrected chi connectivity index (χ4v) is 4.72. The minimum Gasteiger partial charge on any atom is -0.372 e. The molecule has 2 aromatic rings. The molecule has 36 heavy (non-hydrogen) atoms. The molecule has 3 heteroatoms. The molecule has 0 heterocycles. The molecule has 0 radical (unpaired) electrons. The predicted octanol–water partition coefficient (Wildman–Crippen LogP) is 6.93. The molecule has 0 saturated carbocycles. The maximum absolute atomic E-state index is 11.9. The van der Waals surface area contributed by atoms with Crippen LogP contribution in [0.4, 0.5) is 5.69 Å². The van der Waals surface area contributed by atoms with E-state index < -0.39 is 0 Å². The molecule has 0 saturated heterocycles. The van der Waals surface area contributed by atoms with Crippen LogP contribution in [0.15, 0.2) is 78.9 Å². The number of hydrogen-bond donors (Lipinski definition) is 1. The van der Waals surface area contributed by atoms with E-state index in [4.69, 9.17) is 0 Å². The smallest absolute Gasteiger partial charge is 0.150 e. The van der Waals surface area contributed by atoms with E-state index in [2.05, 4.69) is 99.6 Å². The van der Waals surface area contributed by atoms with Crippen LogP contribution < -0.4 is 10.2 Å². The number of rotatable bonds is 7. The van der Waals surface area contributed by atoms with E-state index in [0.29, 0.717) is 0 Å². The zero-order chi connectivity index (χ0) is 25.8. The lowest BCUT2D eigenvalue weighted by Gasteiger charge is -2.29. The van der Waals surface area contributed by atoms with E-state index >= 15 is 0 Å². The van der Waals surface area contributed by atoms with Crippen molar-refractivity contribution >= 4 is 17.5 Å². The molecule has 4 rings (SSSR count). The van der Waals surface area contributed by atoms with Crippen LogP contribution in [-0.2, 0) is 6.42 Å². The molecule has 0 aliphatic heterocycles. The Morgan fingerprint density at radius 1 is 0.972 bits per heavy atom. The third-order valence-corrected chi connectivity index (χ3v) is 6.45. The number of nitrogens with two attached hydrogens (primary N) is 1. The van der Waals surface area contributed by atoms with Crippen LogP contribution in [0.1, 0.15) is 74.2 Å². The van der Waals surface area contributed by atoms with E-state index in [-0.39, 0.29) is 7.43 Å². The highest BCUT2D eigenvalue weighted by molar-refractivity contribution is 5.96. The Hall–Kier alpha value is -3.17. The number of fused-ring (bicyclic) bond motifs is 2. The number of anilines is 1. The summed E-state index contributed by atoms with van der Waals surface area (Å²) < 4.78 is 0. The SMILES string of the molecule is C.C=C.CCN(CC)c1ccc2c(c1)CC1=CCC=CC1=C2c1ccc(C)cc1C=O.CC[NH2+]CC. The van der Waals surface area contributed by atoms with E-state index in [1.807, 2.05) is 13.0 Å². The molecule has 2 aliphatic carbocycles. The summed E-state index contributed by atoms with van der Waals surface area (Å²) in [4.78, 5) is 14.2. The highest BCUT2D eigenvalue weighted by Gasteiger charge is 2.25. The van der Waals surface area contributed by atoms with Crippen LogP contribution in [-0.4, -0.2) is 32.5 Å². The average Bonchev–Trinajstić information content (AvgIpc) is 2.90. The van der Waals surface area contributed by atoms with E-state index in [9.17, 15) is 4.79 Å². The summed E-state index contributed by atoms with van der Waals surface area (Å²) in [6, 6.07) is 13.0. The largest absolute Gasteiger partial charge is 0.372 e. The van der Waals surface area contributed by atoms with Crippen LogP contribution >= 0.6 is 0 Å². The molecule has 0 atom stereocenters. The van der Waals surface area contributed by atoms with E-state index in [1.54, 1.807) is 0 Å². The van der Waals surface area contributed by atoms with Gasteiger partial charge >= 0.3 is 0 Å². The van der Waals surface area contributed by atoms with Crippen LogP contribution in [0.3, 0.4) is 0 Å². The van der Waals surface area contributed by atoms with Gasteiger partial charge in [-0.3, -0.25) is 4.79 Å². The summed E-state index contributed by atoms with van der Waals surface area (Å²) in [5.41, 5.74) is 10.6. The van der Waals surface area contributed by atoms with Crippen molar-refractivity contribution in [2.45, 2.75) is 54.9 Å². The molecule has 2 aromatic carbocycles. The molecule has 0 unspecified atom stereocenters. The van der Waals surface area contributed by atoms with Gasteiger partial charge in [0, 0.05) is 24.3 Å². The molecule has 3 nitrogen and oxygen atoms in total. The molecule has 2 aliphatic rings. The number of carbonyl (C=O) groups excluding carboxylic acids is 1. The predicted molar refractivity (Wildman–Crippen MR) is 159 cm³/mol. The first-order valence-electron chi connectivity index (χ1n) is 12.9. The Bertz CT molecular complexity index is 1080. The van der Waals surface area contributed by atoms with Crippen molar-refractivity contribution in [1.82, 2.24) is 0 Å². The van der Waals surface area contributed by atoms with Gasteiger partial charge in [-0.25, -0.2) is 0 Å². The van der Waals surface area contributed by atoms with Gasteiger partial charge in [-0.15, -0.1) is 13.2 Å². The fourth-order valence-electron chi connectivity index (χ4n) is 4.72. The van der Waals surface area contributed by atoms with Crippen molar-refractivity contribution in [3.8, 4) is 0 Å². The van der Waals surface area contributed by atoms with Crippen molar-refractivity contribution in [3.05, 3.63) is 107 Å². The monoisotopic (exact) mass is 487 g/mol. The normalized spacial score (nSPS) is 13.0. The number of aryl methyl sites for hydroxylation is 1. The van der Waals surface area contributed by atoms with Crippen LogP contribution in [0.25, 0.3) is 5.57 Å². The minimum absolute atomic E-state index is 0. The second kappa shape index (κ2) is 15.7. The number of hydrogen-bond acceptors (Lipinski definition) is 2. The molecule has 0 fully saturated rings. The Kier molecular flexibility index (Phi) is 13.5. The van der Waals surface area contributed by atoms with Crippen molar-refractivity contribution in [1.29, 1.82) is 0 Å². The van der Waals surface area contributed by atoms with Gasteiger partial charge in [0.25, 0.3) is 0 Å². The molecule has 0 spiro atoms. The standard InChI is InChI=1S/C26H27NO.C4H11N.C2H4.CH4/c1-4-27(5-2)22-11-13-24-20(16-22)15-19-8-6-7-9-23(19)26(24)25-12-10-18(3)14-21(25)17-28;1-3-5-4-2;1-2;/h7-14,16-17H,4-6,15H2,1-3H3;5H,3-4H2,1-2H3;1-2H2;1H4/p+1. The minimum atomic E-state index is 0. The van der Waals surface area contributed by atoms with Crippen LogP contribution in [0, 0.1) is 6.92 Å². The van der Waals surface area contributed by atoms with Gasteiger partial charge in [-0.1, -0.05) is 49.4 Å². The van der Waals surface area contributed by atoms with Crippen molar-refractivity contribution in [2.24, 2.45) is 0 Å². The lowest BCUT2D eigenvalue weighted by molar-refractivity contribution is -0.648. The zero-order valence-corrected chi connectivity index (χ0v) is 22.4. The van der Waals surface area contributed by atoms with Crippen molar-refractivity contribution in [2.75, 3.05) is 31.1 Å². The van der Waals surface area contributed by atoms with Gasteiger partial charge in [0.1, 0.15) is 0 Å². The van der Waals surface area contributed by atoms with E-state index in [1.165, 1.54) is 46.6 Å². The number of carbonyl (C=O) groups is 1. The Morgan fingerprint density at radius 3 is 2.22 bits per heavy atom. The first kappa shape index (κ1) is 30.9. The summed E-state index contributed by atoms with van der Waals surface area (Å²) >= 11 is 0. The maximum atomic E-state index is 11.9. The topological polar surface area (TPSA) is 36.9 Å². The highest BCUT2D eigenvalue weighted by Crippen LogP contribution is 2.42. The average molecular weight is 488 g/mol. The van der Waals surface area contributed by atoms with Crippen molar-refractivity contribution in [3.63, 3.8) is 0 Å². The molecular formula is C33H47N2O+. The Morgan fingerprint density at radius 2 is 1.64 bits per heavy atom. The summed E-state index contributed by atoms with van der Waals surface area (Å²) in [6.07, 6.45) is 9.70. The first-order valence-corrected chi connectivity index (χ1v) is 12.9. The summed E-state index contributed by atoms with van der Waals surface area (Å²) in [5, 5.41) is 2.25.